The largest absolute Gasteiger partial charge is 0.331 e. The number of nitrogens with zero attached hydrogens (tertiary/aromatic N) is 2. The Hall–Kier alpha value is -1.68. The van der Waals surface area contributed by atoms with Crippen LogP contribution in [0.15, 0.2) is 36.8 Å². The third kappa shape index (κ3) is 2.54. The topological polar surface area (TPSA) is 29.9 Å². The number of imidazole rings is 1. The van der Waals surface area contributed by atoms with Crippen LogP contribution in [0, 0.1) is 5.82 Å². The van der Waals surface area contributed by atoms with E-state index >= 15 is 0 Å². The minimum absolute atomic E-state index is 0.180. The van der Waals surface area contributed by atoms with Crippen molar-refractivity contribution in [2.75, 3.05) is 13.1 Å². The van der Waals surface area contributed by atoms with Gasteiger partial charge in [0.2, 0.25) is 0 Å². The highest BCUT2D eigenvalue weighted by atomic mass is 19.1. The maximum Gasteiger partial charge on any atom is 0.123 e. The van der Waals surface area contributed by atoms with Crippen LogP contribution in [0.2, 0.25) is 0 Å². The van der Waals surface area contributed by atoms with E-state index < -0.39 is 0 Å². The Bertz CT molecular complexity index is 543. The zero-order chi connectivity index (χ0) is 13.2. The van der Waals surface area contributed by atoms with Crippen LogP contribution in [0.3, 0.4) is 0 Å². The number of nitrogens with one attached hydrogen (secondary N) is 1. The van der Waals surface area contributed by atoms with Crippen LogP contribution in [0.5, 0.6) is 0 Å². The zero-order valence-corrected chi connectivity index (χ0v) is 11.0. The fraction of sp³-hybridized carbons (Fsp3) is 0.400. The molecule has 19 heavy (non-hydrogen) atoms. The fourth-order valence-corrected chi connectivity index (χ4v) is 2.56. The third-order valence-corrected chi connectivity index (χ3v) is 3.82. The minimum atomic E-state index is -0.180. The molecule has 100 valence electrons. The lowest BCUT2D eigenvalue weighted by molar-refractivity contribution is 0.407. The molecule has 0 spiro atoms. The smallest absolute Gasteiger partial charge is 0.123 e. The van der Waals surface area contributed by atoms with Crippen molar-refractivity contribution in [2.45, 2.75) is 25.3 Å². The summed E-state index contributed by atoms with van der Waals surface area (Å²) in [6.45, 7) is 4.25. The van der Waals surface area contributed by atoms with Crippen LogP contribution in [0.4, 0.5) is 4.39 Å². The number of benzene rings is 1. The highest BCUT2D eigenvalue weighted by Crippen LogP contribution is 2.24. The average Bonchev–Trinajstić information content (AvgIpc) is 2.79. The van der Waals surface area contributed by atoms with E-state index in [2.05, 4.69) is 21.8 Å². The van der Waals surface area contributed by atoms with E-state index in [0.29, 0.717) is 12.0 Å². The van der Waals surface area contributed by atoms with Crippen molar-refractivity contribution < 1.29 is 4.39 Å². The first kappa shape index (κ1) is 12.4. The molecule has 0 aliphatic carbocycles. The second-order valence-electron chi connectivity index (χ2n) is 5.26. The van der Waals surface area contributed by atoms with Gasteiger partial charge in [0.05, 0.1) is 6.33 Å². The Morgan fingerprint density at radius 2 is 2.11 bits per heavy atom. The molecule has 1 aliphatic heterocycles. The molecule has 1 aromatic carbocycles. The molecule has 1 saturated heterocycles. The molecule has 2 aromatic rings. The van der Waals surface area contributed by atoms with E-state index in [9.17, 15) is 4.39 Å². The Labute approximate surface area is 112 Å². The molecule has 1 aromatic heterocycles. The summed E-state index contributed by atoms with van der Waals surface area (Å²) in [4.78, 5) is 4.28. The summed E-state index contributed by atoms with van der Waals surface area (Å²) >= 11 is 0. The second-order valence-corrected chi connectivity index (χ2v) is 5.26. The Balaban J connectivity index is 1.74. The van der Waals surface area contributed by atoms with Crippen LogP contribution < -0.4 is 5.32 Å². The summed E-state index contributed by atoms with van der Waals surface area (Å²) in [6.07, 6.45) is 4.76. The summed E-state index contributed by atoms with van der Waals surface area (Å²) in [5.74, 6) is 0.401. The summed E-state index contributed by atoms with van der Waals surface area (Å²) in [6, 6.07) is 7.09. The quantitative estimate of drug-likeness (QED) is 0.914. The molecule has 1 unspecified atom stereocenters. The van der Waals surface area contributed by atoms with Gasteiger partial charge in [0.1, 0.15) is 5.82 Å². The van der Waals surface area contributed by atoms with Crippen molar-refractivity contribution in [3.8, 4) is 0 Å². The SMILES string of the molecule is CC(Cc1ccc(F)cc1)n1cncc1C1CNC1. The second kappa shape index (κ2) is 5.13. The van der Waals surface area contributed by atoms with Gasteiger partial charge in [-0.3, -0.25) is 0 Å². The monoisotopic (exact) mass is 259 g/mol. The van der Waals surface area contributed by atoms with Gasteiger partial charge in [-0.05, 0) is 31.0 Å². The molecule has 1 atom stereocenters. The van der Waals surface area contributed by atoms with Gasteiger partial charge in [-0.2, -0.15) is 0 Å². The highest BCUT2D eigenvalue weighted by molar-refractivity contribution is 5.18. The van der Waals surface area contributed by atoms with Crippen molar-refractivity contribution >= 4 is 0 Å². The summed E-state index contributed by atoms with van der Waals surface area (Å²) in [7, 11) is 0. The van der Waals surface area contributed by atoms with Gasteiger partial charge in [-0.1, -0.05) is 12.1 Å². The lowest BCUT2D eigenvalue weighted by Gasteiger charge is -2.29. The van der Waals surface area contributed by atoms with Crippen LogP contribution in [0.25, 0.3) is 0 Å². The van der Waals surface area contributed by atoms with E-state index in [1.807, 2.05) is 24.7 Å². The van der Waals surface area contributed by atoms with Crippen molar-refractivity contribution in [1.29, 1.82) is 0 Å². The molecule has 0 saturated carbocycles. The predicted molar refractivity (Wildman–Crippen MR) is 72.7 cm³/mol. The molecule has 3 rings (SSSR count). The van der Waals surface area contributed by atoms with E-state index in [-0.39, 0.29) is 5.82 Å². The van der Waals surface area contributed by atoms with Crippen molar-refractivity contribution in [3.05, 3.63) is 53.9 Å². The highest BCUT2D eigenvalue weighted by Gasteiger charge is 2.23. The number of aromatic nitrogens is 2. The molecular weight excluding hydrogens is 241 g/mol. The summed E-state index contributed by atoms with van der Waals surface area (Å²) in [5, 5.41) is 3.29. The molecule has 0 radical (unpaired) electrons. The maximum atomic E-state index is 12.9. The van der Waals surface area contributed by atoms with Gasteiger partial charge in [0, 0.05) is 36.9 Å². The molecule has 2 heterocycles. The van der Waals surface area contributed by atoms with Crippen molar-refractivity contribution in [1.82, 2.24) is 14.9 Å². The Morgan fingerprint density at radius 1 is 1.37 bits per heavy atom. The van der Waals surface area contributed by atoms with Crippen LogP contribution in [0.1, 0.15) is 30.1 Å². The molecule has 0 amide bonds. The van der Waals surface area contributed by atoms with E-state index in [4.69, 9.17) is 0 Å². The number of hydrogen-bond donors (Lipinski definition) is 1. The summed E-state index contributed by atoms with van der Waals surface area (Å²) in [5.41, 5.74) is 2.45. The number of hydrogen-bond acceptors (Lipinski definition) is 2. The number of rotatable bonds is 4. The van der Waals surface area contributed by atoms with E-state index in [1.54, 1.807) is 0 Å². The van der Waals surface area contributed by atoms with Crippen molar-refractivity contribution in [3.63, 3.8) is 0 Å². The predicted octanol–water partition coefficient (Wildman–Crippen LogP) is 2.51. The average molecular weight is 259 g/mol. The lowest BCUT2D eigenvalue weighted by Crippen LogP contribution is -2.41. The van der Waals surface area contributed by atoms with Gasteiger partial charge in [-0.25, -0.2) is 9.37 Å². The molecule has 1 fully saturated rings. The first-order chi connectivity index (χ1) is 9.24. The molecule has 3 nitrogen and oxygen atoms in total. The molecule has 4 heteroatoms. The van der Waals surface area contributed by atoms with Gasteiger partial charge in [0.15, 0.2) is 0 Å². The summed E-state index contributed by atoms with van der Waals surface area (Å²) < 4.78 is 15.1. The normalized spacial score (nSPS) is 17.2. The minimum Gasteiger partial charge on any atom is -0.331 e. The molecular formula is C15H18FN3. The first-order valence-electron chi connectivity index (χ1n) is 6.71. The third-order valence-electron chi connectivity index (χ3n) is 3.82. The van der Waals surface area contributed by atoms with Gasteiger partial charge < -0.3 is 9.88 Å². The van der Waals surface area contributed by atoms with Crippen LogP contribution in [-0.4, -0.2) is 22.6 Å². The Morgan fingerprint density at radius 3 is 2.74 bits per heavy atom. The first-order valence-corrected chi connectivity index (χ1v) is 6.71. The standard InChI is InChI=1S/C15H18FN3/c1-11(6-12-2-4-14(16)5-3-12)19-10-18-9-15(19)13-7-17-8-13/h2-5,9-11,13,17H,6-8H2,1H3. The van der Waals surface area contributed by atoms with Gasteiger partial charge >= 0.3 is 0 Å². The lowest BCUT2D eigenvalue weighted by atomic mass is 9.98. The zero-order valence-electron chi connectivity index (χ0n) is 11.0. The fourth-order valence-electron chi connectivity index (χ4n) is 2.56. The van der Waals surface area contributed by atoms with E-state index in [0.717, 1.165) is 25.1 Å². The number of halogens is 1. The van der Waals surface area contributed by atoms with Crippen LogP contribution >= 0.6 is 0 Å². The molecule has 0 bridgehead atoms. The maximum absolute atomic E-state index is 12.9. The molecule has 1 aliphatic rings. The van der Waals surface area contributed by atoms with Gasteiger partial charge in [-0.15, -0.1) is 0 Å². The van der Waals surface area contributed by atoms with Gasteiger partial charge in [0.25, 0.3) is 0 Å². The van der Waals surface area contributed by atoms with Crippen molar-refractivity contribution in [2.24, 2.45) is 0 Å². The molecule has 1 N–H and O–H groups in total. The van der Waals surface area contributed by atoms with Crippen LogP contribution in [-0.2, 0) is 6.42 Å². The van der Waals surface area contributed by atoms with E-state index in [1.165, 1.54) is 17.8 Å². The Kier molecular flexibility index (Phi) is 3.34.